The van der Waals surface area contributed by atoms with Gasteiger partial charge in [-0.1, -0.05) is 18.2 Å². The van der Waals surface area contributed by atoms with E-state index in [2.05, 4.69) is 15.5 Å². The van der Waals surface area contributed by atoms with E-state index in [1.54, 1.807) is 25.3 Å². The van der Waals surface area contributed by atoms with Gasteiger partial charge in [0, 0.05) is 10.8 Å². The molecule has 0 aromatic heterocycles. The van der Waals surface area contributed by atoms with Crippen molar-refractivity contribution in [2.45, 2.75) is 0 Å². The summed E-state index contributed by atoms with van der Waals surface area (Å²) in [4.78, 5) is 26.1. The summed E-state index contributed by atoms with van der Waals surface area (Å²) < 4.78 is 5.21. The summed E-state index contributed by atoms with van der Waals surface area (Å²) in [6.07, 6.45) is 1.73. The Hall–Kier alpha value is -3.41. The van der Waals surface area contributed by atoms with Crippen LogP contribution < -0.4 is 20.8 Å². The molecule has 0 unspecified atom stereocenters. The molecule has 1 N–H and O–H groups in total. The van der Waals surface area contributed by atoms with E-state index in [1.807, 2.05) is 36.4 Å². The van der Waals surface area contributed by atoms with Crippen molar-refractivity contribution < 1.29 is 14.4 Å². The van der Waals surface area contributed by atoms with Crippen LogP contribution in [0.3, 0.4) is 0 Å². The van der Waals surface area contributed by atoms with E-state index in [-0.39, 0.29) is 5.91 Å². The predicted molar refractivity (Wildman–Crippen MR) is 87.5 cm³/mol. The van der Waals surface area contributed by atoms with Gasteiger partial charge in [-0.3, -0.25) is 4.79 Å². The monoisotopic (exact) mass is 319 g/mol. The highest BCUT2D eigenvalue weighted by Gasteiger charge is 2.22. The van der Waals surface area contributed by atoms with Gasteiger partial charge in [-0.05, 0) is 36.4 Å². The molecule has 118 valence electrons. The average Bonchev–Trinajstić information content (AvgIpc) is 3.11. The molecule has 24 heavy (non-hydrogen) atoms. The summed E-state index contributed by atoms with van der Waals surface area (Å²) in [5.74, 6) is 1.09. The molecule has 0 atom stereocenters. The second-order valence-electron chi connectivity index (χ2n) is 5.24. The molecular formula is C18H13N3O3. The molecular weight excluding hydrogens is 306 g/mol. The summed E-state index contributed by atoms with van der Waals surface area (Å²) in [5.41, 5.74) is 3.87. The lowest BCUT2D eigenvalue weighted by Crippen LogP contribution is -2.31. The van der Waals surface area contributed by atoms with E-state index >= 15 is 0 Å². The van der Waals surface area contributed by atoms with Crippen molar-refractivity contribution in [3.8, 4) is 5.75 Å². The molecule has 2 aromatic carbocycles. The summed E-state index contributed by atoms with van der Waals surface area (Å²) in [6, 6.07) is 14.8. The van der Waals surface area contributed by atoms with Crippen LogP contribution in [-0.4, -0.2) is 18.9 Å². The first-order chi connectivity index (χ1) is 11.7. The minimum atomic E-state index is -0.364. The van der Waals surface area contributed by atoms with E-state index in [0.717, 1.165) is 10.8 Å². The Morgan fingerprint density at radius 3 is 2.71 bits per heavy atom. The number of carbonyl (C=O) groups excluding carboxylic acids is 1. The number of nitrogens with one attached hydrogen (secondary N) is 1. The largest absolute Gasteiger partial charge is 0.497 e. The van der Waals surface area contributed by atoms with Crippen molar-refractivity contribution in [1.82, 2.24) is 5.48 Å². The van der Waals surface area contributed by atoms with Crippen molar-refractivity contribution in [3.63, 3.8) is 0 Å². The standard InChI is InChI=1S/C18H13N3O3/c1-23-13-7-8-15-12(9-13)10-14(17(22)19-15)16-20-18(24-21-16)11-5-3-2-4-6-11/h2-10,21H,1H3. The predicted octanol–water partition coefficient (Wildman–Crippen LogP) is 0.829. The zero-order chi connectivity index (χ0) is 16.5. The van der Waals surface area contributed by atoms with Gasteiger partial charge in [-0.2, -0.15) is 4.99 Å². The van der Waals surface area contributed by atoms with E-state index in [1.165, 1.54) is 0 Å². The molecule has 0 radical (unpaired) electrons. The highest BCUT2D eigenvalue weighted by Crippen LogP contribution is 2.17. The Morgan fingerprint density at radius 1 is 1.08 bits per heavy atom. The fraction of sp³-hybridized carbons (Fsp3) is 0.0556. The number of hydrogen-bond acceptors (Lipinski definition) is 5. The lowest BCUT2D eigenvalue weighted by molar-refractivity contribution is -0.114. The van der Waals surface area contributed by atoms with Gasteiger partial charge in [-0.25, -0.2) is 10.5 Å². The number of hydroxylamine groups is 1. The minimum Gasteiger partial charge on any atom is -0.497 e. The Bertz CT molecular complexity index is 1010. The molecule has 1 amide bonds. The van der Waals surface area contributed by atoms with E-state index in [0.29, 0.717) is 28.4 Å². The van der Waals surface area contributed by atoms with Crippen molar-refractivity contribution in [2.24, 2.45) is 9.98 Å². The number of ether oxygens (including phenoxy) is 1. The Kier molecular flexibility index (Phi) is 3.35. The van der Waals surface area contributed by atoms with Crippen molar-refractivity contribution in [3.05, 3.63) is 76.1 Å². The molecule has 0 saturated carbocycles. The number of amides is 1. The fourth-order valence-corrected chi connectivity index (χ4v) is 2.50. The van der Waals surface area contributed by atoms with Gasteiger partial charge < -0.3 is 9.57 Å². The number of methoxy groups -OCH3 is 1. The van der Waals surface area contributed by atoms with Crippen LogP contribution in [0.2, 0.25) is 0 Å². The van der Waals surface area contributed by atoms with E-state index in [4.69, 9.17) is 9.57 Å². The number of nitrogens with zero attached hydrogens (tertiary/aromatic N) is 2. The second kappa shape index (κ2) is 5.66. The molecule has 0 aliphatic carbocycles. The number of benzene rings is 2. The first kappa shape index (κ1) is 14.2. The molecule has 0 fully saturated rings. The SMILES string of the molecule is COc1ccc2c(c1)=CC(=C1N=C(c3ccccc3)ON1)C(=O)N=2. The highest BCUT2D eigenvalue weighted by molar-refractivity contribution is 6.05. The molecule has 6 heteroatoms. The topological polar surface area (TPSA) is 72.3 Å². The Labute approximate surface area is 137 Å². The van der Waals surface area contributed by atoms with Crippen LogP contribution in [-0.2, 0) is 9.63 Å². The first-order valence-electron chi connectivity index (χ1n) is 7.35. The maximum atomic E-state index is 12.3. The molecule has 0 spiro atoms. The Morgan fingerprint density at radius 2 is 1.92 bits per heavy atom. The van der Waals surface area contributed by atoms with Crippen molar-refractivity contribution in [2.75, 3.05) is 7.11 Å². The van der Waals surface area contributed by atoms with Crippen molar-refractivity contribution in [1.29, 1.82) is 0 Å². The molecule has 4 rings (SSSR count). The van der Waals surface area contributed by atoms with Crippen molar-refractivity contribution >= 4 is 17.9 Å². The molecule has 2 heterocycles. The van der Waals surface area contributed by atoms with Gasteiger partial charge in [0.15, 0.2) is 5.82 Å². The highest BCUT2D eigenvalue weighted by atomic mass is 16.7. The van der Waals surface area contributed by atoms with Gasteiger partial charge in [0.05, 0.1) is 18.0 Å². The van der Waals surface area contributed by atoms with Crippen LogP contribution in [0.15, 0.2) is 69.9 Å². The van der Waals surface area contributed by atoms with Crippen LogP contribution >= 0.6 is 0 Å². The molecule has 6 nitrogen and oxygen atoms in total. The summed E-state index contributed by atoms with van der Waals surface area (Å²) in [7, 11) is 1.59. The van der Waals surface area contributed by atoms with Crippen LogP contribution in [0.25, 0.3) is 6.08 Å². The normalized spacial score (nSPS) is 18.5. The zero-order valence-electron chi connectivity index (χ0n) is 12.8. The number of aliphatic imine (C=N–C) groups is 1. The first-order valence-corrected chi connectivity index (χ1v) is 7.35. The smallest absolute Gasteiger partial charge is 0.281 e. The lowest BCUT2D eigenvalue weighted by Gasteiger charge is -2.06. The minimum absolute atomic E-state index is 0.344. The fourth-order valence-electron chi connectivity index (χ4n) is 2.50. The third-order valence-corrected chi connectivity index (χ3v) is 3.72. The van der Waals surface area contributed by atoms with Gasteiger partial charge in [0.2, 0.25) is 0 Å². The molecule has 0 bridgehead atoms. The number of carbonyl (C=O) groups is 1. The molecule has 2 aromatic rings. The summed E-state index contributed by atoms with van der Waals surface area (Å²) >= 11 is 0. The van der Waals surface area contributed by atoms with Gasteiger partial charge in [0.1, 0.15) is 5.75 Å². The number of rotatable bonds is 2. The summed E-state index contributed by atoms with van der Waals surface area (Å²) in [5, 5.41) is 1.40. The van der Waals surface area contributed by atoms with Gasteiger partial charge >= 0.3 is 0 Å². The van der Waals surface area contributed by atoms with Crippen LogP contribution in [0.5, 0.6) is 5.75 Å². The summed E-state index contributed by atoms with van der Waals surface area (Å²) in [6.45, 7) is 0. The third kappa shape index (κ3) is 2.44. The quantitative estimate of drug-likeness (QED) is 0.832. The van der Waals surface area contributed by atoms with E-state index < -0.39 is 0 Å². The van der Waals surface area contributed by atoms with E-state index in [9.17, 15) is 4.79 Å². The zero-order valence-corrected chi connectivity index (χ0v) is 12.8. The van der Waals surface area contributed by atoms with Gasteiger partial charge in [-0.15, -0.1) is 0 Å². The maximum Gasteiger partial charge on any atom is 0.281 e. The van der Waals surface area contributed by atoms with Crippen LogP contribution in [0.1, 0.15) is 5.56 Å². The van der Waals surface area contributed by atoms with Crippen LogP contribution in [0.4, 0.5) is 0 Å². The van der Waals surface area contributed by atoms with Crippen LogP contribution in [0, 0.1) is 0 Å². The average molecular weight is 319 g/mol. The maximum absolute atomic E-state index is 12.3. The molecule has 0 saturated heterocycles. The number of hydrogen-bond donors (Lipinski definition) is 1. The lowest BCUT2D eigenvalue weighted by atomic mass is 10.1. The Balaban J connectivity index is 1.81. The molecule has 2 aliphatic rings. The van der Waals surface area contributed by atoms with Gasteiger partial charge in [0.25, 0.3) is 11.8 Å². The third-order valence-electron chi connectivity index (χ3n) is 3.72. The second-order valence-corrected chi connectivity index (χ2v) is 5.24. The molecule has 2 aliphatic heterocycles. The number of fused-ring (bicyclic) bond motifs is 1.